The summed E-state index contributed by atoms with van der Waals surface area (Å²) in [5.74, 6) is -0.737. The summed E-state index contributed by atoms with van der Waals surface area (Å²) in [6, 6.07) is 6.71. The minimum atomic E-state index is -0.737. The first kappa shape index (κ1) is 12.9. The van der Waals surface area contributed by atoms with Gasteiger partial charge in [0.1, 0.15) is 0 Å². The maximum absolute atomic E-state index is 11.2. The molecule has 3 nitrogen and oxygen atoms in total. The summed E-state index contributed by atoms with van der Waals surface area (Å²) < 4.78 is 0. The normalized spacial score (nSPS) is 18.9. The van der Waals surface area contributed by atoms with Gasteiger partial charge in [0, 0.05) is 18.8 Å². The average Bonchev–Trinajstić information content (AvgIpc) is 2.57. The van der Waals surface area contributed by atoms with Crippen molar-refractivity contribution in [1.29, 1.82) is 0 Å². The first-order chi connectivity index (χ1) is 8.33. The second-order valence-electron chi connectivity index (χ2n) is 5.94. The largest absolute Gasteiger partial charge is 0.481 e. The lowest BCUT2D eigenvalue weighted by atomic mass is 9.83. The summed E-state index contributed by atoms with van der Waals surface area (Å²) >= 11 is 0. The van der Waals surface area contributed by atoms with Crippen LogP contribution in [0, 0.1) is 5.41 Å². The fourth-order valence-corrected chi connectivity index (χ4v) is 2.57. The Morgan fingerprint density at radius 2 is 2.17 bits per heavy atom. The van der Waals surface area contributed by atoms with Gasteiger partial charge in [0.05, 0.1) is 5.41 Å². The lowest BCUT2D eigenvalue weighted by Gasteiger charge is -2.21. The molecule has 0 saturated heterocycles. The fourth-order valence-electron chi connectivity index (χ4n) is 2.57. The van der Waals surface area contributed by atoms with Crippen LogP contribution in [-0.4, -0.2) is 24.2 Å². The van der Waals surface area contributed by atoms with Gasteiger partial charge in [0.25, 0.3) is 0 Å². The number of hydrogen-bond acceptors (Lipinski definition) is 2. The Bertz CT molecular complexity index is 479. The molecule has 1 aliphatic rings. The Morgan fingerprint density at radius 1 is 1.50 bits per heavy atom. The van der Waals surface area contributed by atoms with E-state index in [1.807, 2.05) is 6.07 Å². The summed E-state index contributed by atoms with van der Waals surface area (Å²) in [5, 5.41) is 9.24. The molecule has 1 unspecified atom stereocenters. The molecule has 2 rings (SSSR count). The molecule has 3 heteroatoms. The van der Waals surface area contributed by atoms with Gasteiger partial charge in [-0.05, 0) is 50.8 Å². The highest BCUT2D eigenvalue weighted by Gasteiger charge is 2.31. The van der Waals surface area contributed by atoms with Gasteiger partial charge in [0.15, 0.2) is 0 Å². The van der Waals surface area contributed by atoms with Crippen molar-refractivity contribution in [2.45, 2.75) is 39.7 Å². The van der Waals surface area contributed by atoms with E-state index in [0.717, 1.165) is 6.42 Å². The molecule has 18 heavy (non-hydrogen) atoms. The number of hydrogen-bond donors (Lipinski definition) is 1. The summed E-state index contributed by atoms with van der Waals surface area (Å²) in [6.45, 7) is 5.78. The minimum absolute atomic E-state index is 0.495. The molecule has 0 radical (unpaired) electrons. The number of likely N-dealkylation sites (N-methyl/N-ethyl adjacent to an activating group) is 1. The topological polar surface area (TPSA) is 40.5 Å². The van der Waals surface area contributed by atoms with Gasteiger partial charge in [-0.15, -0.1) is 0 Å². The van der Waals surface area contributed by atoms with Crippen molar-refractivity contribution in [3.05, 3.63) is 29.3 Å². The van der Waals surface area contributed by atoms with Gasteiger partial charge in [-0.1, -0.05) is 12.1 Å². The predicted octanol–water partition coefficient (Wildman–Crippen LogP) is 2.72. The molecule has 98 valence electrons. The number of carboxylic acids is 1. The van der Waals surface area contributed by atoms with Crippen molar-refractivity contribution in [1.82, 2.24) is 0 Å². The van der Waals surface area contributed by atoms with E-state index in [1.165, 1.54) is 16.8 Å². The zero-order valence-electron chi connectivity index (χ0n) is 11.5. The van der Waals surface area contributed by atoms with Crippen LogP contribution in [0.15, 0.2) is 18.2 Å². The van der Waals surface area contributed by atoms with E-state index in [4.69, 9.17) is 0 Å². The molecule has 1 aliphatic heterocycles. The van der Waals surface area contributed by atoms with Crippen LogP contribution in [0.3, 0.4) is 0 Å². The van der Waals surface area contributed by atoms with Crippen LogP contribution in [0.4, 0.5) is 5.69 Å². The van der Waals surface area contributed by atoms with Crippen molar-refractivity contribution in [3.8, 4) is 0 Å². The molecule has 0 bridgehead atoms. The van der Waals surface area contributed by atoms with Gasteiger partial charge in [-0.25, -0.2) is 0 Å². The summed E-state index contributed by atoms with van der Waals surface area (Å²) in [6.07, 6.45) is 1.60. The van der Waals surface area contributed by atoms with Crippen molar-refractivity contribution in [2.75, 3.05) is 11.9 Å². The summed E-state index contributed by atoms with van der Waals surface area (Å²) in [7, 11) is 2.10. The Balaban J connectivity index is 2.35. The van der Waals surface area contributed by atoms with Gasteiger partial charge < -0.3 is 10.0 Å². The highest BCUT2D eigenvalue weighted by Crippen LogP contribution is 2.35. The predicted molar refractivity (Wildman–Crippen MR) is 73.1 cm³/mol. The number of fused-ring (bicyclic) bond motifs is 1. The first-order valence-electron chi connectivity index (χ1n) is 6.40. The van der Waals surface area contributed by atoms with Crippen LogP contribution < -0.4 is 4.90 Å². The highest BCUT2D eigenvalue weighted by molar-refractivity contribution is 5.74. The van der Waals surface area contributed by atoms with Crippen LogP contribution in [-0.2, 0) is 17.6 Å². The number of aliphatic carboxylic acids is 1. The van der Waals surface area contributed by atoms with E-state index in [-0.39, 0.29) is 0 Å². The molecule has 0 fully saturated rings. The van der Waals surface area contributed by atoms with Gasteiger partial charge in [0.2, 0.25) is 0 Å². The Kier molecular flexibility index (Phi) is 3.09. The average molecular weight is 247 g/mol. The highest BCUT2D eigenvalue weighted by atomic mass is 16.4. The van der Waals surface area contributed by atoms with E-state index < -0.39 is 11.4 Å². The minimum Gasteiger partial charge on any atom is -0.481 e. The Labute approximate surface area is 108 Å². The zero-order chi connectivity index (χ0) is 13.5. The summed E-state index contributed by atoms with van der Waals surface area (Å²) in [4.78, 5) is 13.5. The van der Waals surface area contributed by atoms with E-state index in [9.17, 15) is 9.90 Å². The number of nitrogens with zero attached hydrogens (tertiary/aromatic N) is 1. The van der Waals surface area contributed by atoms with Crippen molar-refractivity contribution in [2.24, 2.45) is 5.41 Å². The van der Waals surface area contributed by atoms with E-state index in [1.54, 1.807) is 13.8 Å². The molecule has 0 saturated carbocycles. The maximum Gasteiger partial charge on any atom is 0.309 e. The Morgan fingerprint density at radius 3 is 2.78 bits per heavy atom. The van der Waals surface area contributed by atoms with Gasteiger partial charge in [-0.2, -0.15) is 0 Å². The standard InChI is InChI=1S/C15H21NO2/c1-10-8-12-11(9-15(2,3)14(17)18)6-5-7-13(12)16(10)4/h5-7,10H,8-9H2,1-4H3,(H,17,18). The molecule has 0 aromatic heterocycles. The van der Waals surface area contributed by atoms with Crippen LogP contribution >= 0.6 is 0 Å². The first-order valence-corrected chi connectivity index (χ1v) is 6.40. The van der Waals surface area contributed by atoms with Crippen molar-refractivity contribution < 1.29 is 9.90 Å². The molecular weight excluding hydrogens is 226 g/mol. The third-order valence-corrected chi connectivity index (χ3v) is 4.00. The van der Waals surface area contributed by atoms with Crippen LogP contribution in [0.2, 0.25) is 0 Å². The lowest BCUT2D eigenvalue weighted by molar-refractivity contribution is -0.146. The third-order valence-electron chi connectivity index (χ3n) is 4.00. The number of benzene rings is 1. The van der Waals surface area contributed by atoms with Crippen molar-refractivity contribution >= 4 is 11.7 Å². The molecule has 0 spiro atoms. The molecule has 1 aromatic carbocycles. The number of anilines is 1. The SMILES string of the molecule is CC1Cc2c(CC(C)(C)C(=O)O)cccc2N1C. The molecule has 1 N–H and O–H groups in total. The summed E-state index contributed by atoms with van der Waals surface area (Å²) in [5.41, 5.74) is 3.04. The molecule has 0 amide bonds. The molecule has 1 aromatic rings. The van der Waals surface area contributed by atoms with Crippen LogP contribution in [0.1, 0.15) is 31.9 Å². The number of carbonyl (C=O) groups is 1. The van der Waals surface area contributed by atoms with Crippen LogP contribution in [0.5, 0.6) is 0 Å². The molecule has 0 aliphatic carbocycles. The third kappa shape index (κ3) is 2.09. The lowest BCUT2D eigenvalue weighted by Crippen LogP contribution is -2.26. The fraction of sp³-hybridized carbons (Fsp3) is 0.533. The maximum atomic E-state index is 11.2. The second kappa shape index (κ2) is 4.30. The monoisotopic (exact) mass is 247 g/mol. The van der Waals surface area contributed by atoms with E-state index in [0.29, 0.717) is 12.5 Å². The number of carboxylic acid groups (broad SMARTS) is 1. The van der Waals surface area contributed by atoms with Crippen molar-refractivity contribution in [3.63, 3.8) is 0 Å². The quantitative estimate of drug-likeness (QED) is 0.892. The second-order valence-corrected chi connectivity index (χ2v) is 5.94. The smallest absolute Gasteiger partial charge is 0.309 e. The van der Waals surface area contributed by atoms with E-state index >= 15 is 0 Å². The van der Waals surface area contributed by atoms with E-state index in [2.05, 4.69) is 31.0 Å². The Hall–Kier alpha value is -1.51. The molecule has 1 heterocycles. The molecular formula is C15H21NO2. The van der Waals surface area contributed by atoms with Gasteiger partial charge >= 0.3 is 5.97 Å². The molecule has 1 atom stereocenters. The number of rotatable bonds is 3. The van der Waals surface area contributed by atoms with Gasteiger partial charge in [-0.3, -0.25) is 4.79 Å². The zero-order valence-corrected chi connectivity index (χ0v) is 11.5. The van der Waals surface area contributed by atoms with Crippen LogP contribution in [0.25, 0.3) is 0 Å².